The highest BCUT2D eigenvalue weighted by Crippen LogP contribution is 2.24. The average molecular weight is 237 g/mol. The lowest BCUT2D eigenvalue weighted by Gasteiger charge is -2.20. The molecule has 1 fully saturated rings. The van der Waals surface area contributed by atoms with E-state index in [0.717, 1.165) is 29.3 Å². The first-order chi connectivity index (χ1) is 7.68. The minimum absolute atomic E-state index is 0.595. The molecular formula is C11H15N3OS. The molecule has 1 aliphatic rings. The van der Waals surface area contributed by atoms with Crippen LogP contribution in [0.25, 0.3) is 4.96 Å². The van der Waals surface area contributed by atoms with Crippen LogP contribution in [0, 0.1) is 6.92 Å². The van der Waals surface area contributed by atoms with Gasteiger partial charge in [0.25, 0.3) is 0 Å². The predicted octanol–water partition coefficient (Wildman–Crippen LogP) is 0.971. The Morgan fingerprint density at radius 3 is 3.31 bits per heavy atom. The third-order valence-corrected chi connectivity index (χ3v) is 4.04. The van der Waals surface area contributed by atoms with Crippen LogP contribution in [0.3, 0.4) is 0 Å². The molecule has 0 radical (unpaired) electrons. The van der Waals surface area contributed by atoms with Crippen LogP contribution < -0.4 is 5.32 Å². The number of hydrogen-bond donors (Lipinski definition) is 2. The van der Waals surface area contributed by atoms with Crippen molar-refractivity contribution < 1.29 is 5.11 Å². The van der Waals surface area contributed by atoms with Gasteiger partial charge in [-0.2, -0.15) is 0 Å². The molecule has 0 amide bonds. The van der Waals surface area contributed by atoms with E-state index in [2.05, 4.69) is 14.7 Å². The molecule has 3 heterocycles. The maximum Gasteiger partial charge on any atom is 0.194 e. The number of thiazole rings is 1. The van der Waals surface area contributed by atoms with E-state index in [1.54, 1.807) is 11.3 Å². The SMILES string of the molecule is Cc1nc2sccn2c1CC1(O)CCNC1. The molecule has 1 unspecified atom stereocenters. The first-order valence-electron chi connectivity index (χ1n) is 5.52. The summed E-state index contributed by atoms with van der Waals surface area (Å²) in [5.41, 5.74) is 1.58. The number of aryl methyl sites for hydroxylation is 1. The summed E-state index contributed by atoms with van der Waals surface area (Å²) in [6.45, 7) is 3.60. The van der Waals surface area contributed by atoms with Crippen LogP contribution >= 0.6 is 11.3 Å². The van der Waals surface area contributed by atoms with Gasteiger partial charge in [-0.05, 0) is 19.9 Å². The van der Waals surface area contributed by atoms with Crippen molar-refractivity contribution in [3.63, 3.8) is 0 Å². The monoisotopic (exact) mass is 237 g/mol. The van der Waals surface area contributed by atoms with Gasteiger partial charge in [0.05, 0.1) is 11.3 Å². The fourth-order valence-electron chi connectivity index (χ4n) is 2.35. The highest BCUT2D eigenvalue weighted by atomic mass is 32.1. The van der Waals surface area contributed by atoms with E-state index in [-0.39, 0.29) is 0 Å². The maximum atomic E-state index is 10.4. The van der Waals surface area contributed by atoms with Crippen molar-refractivity contribution in [1.82, 2.24) is 14.7 Å². The van der Waals surface area contributed by atoms with Crippen LogP contribution in [0.4, 0.5) is 0 Å². The minimum atomic E-state index is -0.595. The molecule has 3 rings (SSSR count). The van der Waals surface area contributed by atoms with Crippen LogP contribution in [-0.4, -0.2) is 33.2 Å². The molecule has 0 aromatic carbocycles. The number of hydrogen-bond acceptors (Lipinski definition) is 4. The minimum Gasteiger partial charge on any atom is -0.388 e. The smallest absolute Gasteiger partial charge is 0.194 e. The highest BCUT2D eigenvalue weighted by molar-refractivity contribution is 7.15. The van der Waals surface area contributed by atoms with Gasteiger partial charge < -0.3 is 10.4 Å². The zero-order chi connectivity index (χ0) is 11.2. The summed E-state index contributed by atoms with van der Waals surface area (Å²) in [6, 6.07) is 0. The number of rotatable bonds is 2. The number of aromatic nitrogens is 2. The van der Waals surface area contributed by atoms with E-state index in [4.69, 9.17) is 0 Å². The first-order valence-corrected chi connectivity index (χ1v) is 6.40. The summed E-state index contributed by atoms with van der Waals surface area (Å²) in [5, 5.41) is 15.6. The average Bonchev–Trinajstić information content (AvgIpc) is 2.88. The molecular weight excluding hydrogens is 222 g/mol. The van der Waals surface area contributed by atoms with Crippen molar-refractivity contribution in [2.24, 2.45) is 0 Å². The molecule has 1 saturated heterocycles. The Hall–Kier alpha value is -0.910. The van der Waals surface area contributed by atoms with E-state index >= 15 is 0 Å². The maximum absolute atomic E-state index is 10.4. The van der Waals surface area contributed by atoms with Gasteiger partial charge in [0.15, 0.2) is 4.96 Å². The van der Waals surface area contributed by atoms with E-state index < -0.39 is 5.60 Å². The molecule has 16 heavy (non-hydrogen) atoms. The second kappa shape index (κ2) is 3.55. The summed E-state index contributed by atoms with van der Waals surface area (Å²) >= 11 is 1.63. The Morgan fingerprint density at radius 2 is 2.56 bits per heavy atom. The van der Waals surface area contributed by atoms with Gasteiger partial charge in [0.1, 0.15) is 0 Å². The van der Waals surface area contributed by atoms with E-state index in [1.807, 2.05) is 18.5 Å². The zero-order valence-electron chi connectivity index (χ0n) is 9.23. The first kappa shape index (κ1) is 10.3. The van der Waals surface area contributed by atoms with E-state index in [9.17, 15) is 5.11 Å². The number of aliphatic hydroxyl groups is 1. The standard InChI is InChI=1S/C11H15N3OS/c1-8-9(6-11(15)2-3-12-7-11)14-4-5-16-10(14)13-8/h4-5,12,15H,2-3,6-7H2,1H3. The van der Waals surface area contributed by atoms with Gasteiger partial charge in [-0.25, -0.2) is 4.98 Å². The van der Waals surface area contributed by atoms with Crippen molar-refractivity contribution in [2.45, 2.75) is 25.4 Å². The lowest BCUT2D eigenvalue weighted by atomic mass is 9.96. The van der Waals surface area contributed by atoms with Crippen molar-refractivity contribution in [3.8, 4) is 0 Å². The lowest BCUT2D eigenvalue weighted by molar-refractivity contribution is 0.0605. The third-order valence-electron chi connectivity index (χ3n) is 3.28. The Balaban J connectivity index is 1.98. The van der Waals surface area contributed by atoms with E-state index in [0.29, 0.717) is 13.0 Å². The van der Waals surface area contributed by atoms with Crippen LogP contribution in [0.5, 0.6) is 0 Å². The lowest BCUT2D eigenvalue weighted by Crippen LogP contribution is -2.34. The third kappa shape index (κ3) is 1.55. The van der Waals surface area contributed by atoms with E-state index in [1.165, 1.54) is 0 Å². The summed E-state index contributed by atoms with van der Waals surface area (Å²) in [6.07, 6.45) is 3.54. The largest absolute Gasteiger partial charge is 0.388 e. The molecule has 1 atom stereocenters. The molecule has 2 aromatic rings. The molecule has 5 heteroatoms. The van der Waals surface area contributed by atoms with Gasteiger partial charge in [-0.3, -0.25) is 4.40 Å². The molecule has 86 valence electrons. The fraction of sp³-hybridized carbons (Fsp3) is 0.545. The van der Waals surface area contributed by atoms with Crippen molar-refractivity contribution in [1.29, 1.82) is 0 Å². The summed E-state index contributed by atoms with van der Waals surface area (Å²) in [7, 11) is 0. The van der Waals surface area contributed by atoms with Gasteiger partial charge >= 0.3 is 0 Å². The predicted molar refractivity (Wildman–Crippen MR) is 63.9 cm³/mol. The van der Waals surface area contributed by atoms with Crippen molar-refractivity contribution in [3.05, 3.63) is 23.0 Å². The topological polar surface area (TPSA) is 49.6 Å². The Morgan fingerprint density at radius 1 is 1.69 bits per heavy atom. The molecule has 0 bridgehead atoms. The zero-order valence-corrected chi connectivity index (χ0v) is 10.0. The number of nitrogens with zero attached hydrogens (tertiary/aromatic N) is 2. The molecule has 2 aromatic heterocycles. The Kier molecular flexibility index (Phi) is 2.27. The van der Waals surface area contributed by atoms with Gasteiger partial charge in [0.2, 0.25) is 0 Å². The molecule has 4 nitrogen and oxygen atoms in total. The number of β-amino-alcohol motifs (C(OH)–C–C–N with tert-alkyl or cyclic N) is 1. The summed E-state index contributed by atoms with van der Waals surface area (Å²) < 4.78 is 2.09. The summed E-state index contributed by atoms with van der Waals surface area (Å²) in [4.78, 5) is 5.51. The Labute approximate surface area is 97.9 Å². The van der Waals surface area contributed by atoms with Crippen LogP contribution in [0.15, 0.2) is 11.6 Å². The number of imidazole rings is 1. The molecule has 1 aliphatic heterocycles. The normalized spacial score (nSPS) is 25.6. The number of fused-ring (bicyclic) bond motifs is 1. The second-order valence-electron chi connectivity index (χ2n) is 4.53. The fourth-order valence-corrected chi connectivity index (χ4v) is 3.13. The van der Waals surface area contributed by atoms with Crippen LogP contribution in [0.2, 0.25) is 0 Å². The molecule has 0 aliphatic carbocycles. The summed E-state index contributed by atoms with van der Waals surface area (Å²) in [5.74, 6) is 0. The highest BCUT2D eigenvalue weighted by Gasteiger charge is 2.32. The van der Waals surface area contributed by atoms with Gasteiger partial charge in [-0.15, -0.1) is 11.3 Å². The number of nitrogens with one attached hydrogen (secondary N) is 1. The van der Waals surface area contributed by atoms with Crippen LogP contribution in [-0.2, 0) is 6.42 Å². The second-order valence-corrected chi connectivity index (χ2v) is 5.40. The Bertz CT molecular complexity index is 510. The molecule has 0 saturated carbocycles. The van der Waals surface area contributed by atoms with Crippen molar-refractivity contribution in [2.75, 3.05) is 13.1 Å². The molecule has 0 spiro atoms. The van der Waals surface area contributed by atoms with Gasteiger partial charge in [0, 0.05) is 30.2 Å². The van der Waals surface area contributed by atoms with Crippen LogP contribution in [0.1, 0.15) is 17.8 Å². The van der Waals surface area contributed by atoms with Gasteiger partial charge in [-0.1, -0.05) is 0 Å². The van der Waals surface area contributed by atoms with Crippen molar-refractivity contribution >= 4 is 16.3 Å². The quantitative estimate of drug-likeness (QED) is 0.818. The molecule has 2 N–H and O–H groups in total.